The number of ether oxygens (including phenoxy) is 1. The van der Waals surface area contributed by atoms with Gasteiger partial charge >= 0.3 is 5.97 Å². The Labute approximate surface area is 170 Å². The molecule has 1 aromatic heterocycles. The van der Waals surface area contributed by atoms with Crippen LogP contribution in [0.3, 0.4) is 0 Å². The highest BCUT2D eigenvalue weighted by Crippen LogP contribution is 2.38. The first-order valence-electron chi connectivity index (χ1n) is 9.90. The van der Waals surface area contributed by atoms with Crippen molar-refractivity contribution in [3.8, 4) is 0 Å². The van der Waals surface area contributed by atoms with Gasteiger partial charge in [-0.2, -0.15) is 0 Å². The molecule has 4 nitrogen and oxygen atoms in total. The number of nitrogens with one attached hydrogen (secondary N) is 1. The van der Waals surface area contributed by atoms with Gasteiger partial charge in [-0.05, 0) is 61.3 Å². The molecule has 148 valence electrons. The van der Waals surface area contributed by atoms with E-state index in [2.05, 4.69) is 31.3 Å². The highest BCUT2D eigenvalue weighted by molar-refractivity contribution is 7.17. The van der Waals surface area contributed by atoms with E-state index >= 15 is 0 Å². The van der Waals surface area contributed by atoms with Gasteiger partial charge in [0.2, 0.25) is 5.91 Å². The molecule has 0 fully saturated rings. The van der Waals surface area contributed by atoms with Crippen LogP contribution < -0.4 is 5.32 Å². The second-order valence-electron chi connectivity index (χ2n) is 7.28. The van der Waals surface area contributed by atoms with Gasteiger partial charge in [-0.3, -0.25) is 4.79 Å². The molecular weight excluding hydrogens is 370 g/mol. The normalized spacial score (nSPS) is 13.6. The number of hydrogen-bond donors (Lipinski definition) is 1. The van der Waals surface area contributed by atoms with Gasteiger partial charge in [-0.15, -0.1) is 11.3 Å². The molecule has 0 saturated heterocycles. The van der Waals surface area contributed by atoms with Gasteiger partial charge in [0.25, 0.3) is 0 Å². The molecule has 1 amide bonds. The summed E-state index contributed by atoms with van der Waals surface area (Å²) in [6.07, 6.45) is 7.31. The molecule has 2 aromatic rings. The first-order valence-corrected chi connectivity index (χ1v) is 10.7. The maximum absolute atomic E-state index is 12.5. The van der Waals surface area contributed by atoms with E-state index in [1.807, 2.05) is 12.1 Å². The molecule has 1 N–H and O–H groups in total. The van der Waals surface area contributed by atoms with Crippen molar-refractivity contribution < 1.29 is 14.3 Å². The van der Waals surface area contributed by atoms with Crippen molar-refractivity contribution in [2.24, 2.45) is 0 Å². The molecule has 1 aliphatic rings. The second-order valence-corrected chi connectivity index (χ2v) is 8.38. The van der Waals surface area contributed by atoms with E-state index in [-0.39, 0.29) is 11.9 Å². The fraction of sp³-hybridized carbons (Fsp3) is 0.391. The molecule has 0 radical (unpaired) electrons. The van der Waals surface area contributed by atoms with E-state index in [1.165, 1.54) is 27.9 Å². The molecule has 0 unspecified atom stereocenters. The third-order valence-corrected chi connectivity index (χ3v) is 6.13. The SMILES string of the molecule is CCOC(=O)c1c(NC(=O)C=Cc2ccc(C(C)C)cc2)sc2c1CCCC2. The Balaban J connectivity index is 1.76. The standard InChI is InChI=1S/C23H27NO3S/c1-4-27-23(26)21-18-7-5-6-8-19(18)28-22(21)24-20(25)14-11-16-9-12-17(13-10-16)15(2)3/h9-15H,4-8H2,1-3H3,(H,24,25). The molecule has 1 heterocycles. The minimum absolute atomic E-state index is 0.239. The minimum Gasteiger partial charge on any atom is -0.462 e. The van der Waals surface area contributed by atoms with Gasteiger partial charge in [-0.1, -0.05) is 38.1 Å². The van der Waals surface area contributed by atoms with Crippen LogP contribution >= 0.6 is 11.3 Å². The second kappa shape index (κ2) is 9.20. The number of hydrogen-bond acceptors (Lipinski definition) is 4. The van der Waals surface area contributed by atoms with Gasteiger partial charge in [0.15, 0.2) is 0 Å². The number of rotatable bonds is 6. The van der Waals surface area contributed by atoms with E-state index in [0.717, 1.165) is 36.8 Å². The molecular formula is C23H27NO3S. The summed E-state index contributed by atoms with van der Waals surface area (Å²) in [7, 11) is 0. The van der Waals surface area contributed by atoms with Crippen LogP contribution in [0.5, 0.6) is 0 Å². The average Bonchev–Trinajstić information content (AvgIpc) is 3.04. The number of benzene rings is 1. The summed E-state index contributed by atoms with van der Waals surface area (Å²) in [5.41, 5.74) is 3.84. The monoisotopic (exact) mass is 397 g/mol. The van der Waals surface area contributed by atoms with Gasteiger partial charge < -0.3 is 10.1 Å². The average molecular weight is 398 g/mol. The molecule has 0 spiro atoms. The fourth-order valence-electron chi connectivity index (χ4n) is 3.39. The van der Waals surface area contributed by atoms with Crippen molar-refractivity contribution in [1.82, 2.24) is 0 Å². The van der Waals surface area contributed by atoms with Crippen LogP contribution in [0.15, 0.2) is 30.3 Å². The lowest BCUT2D eigenvalue weighted by atomic mass is 9.95. The topological polar surface area (TPSA) is 55.4 Å². The van der Waals surface area contributed by atoms with Crippen LogP contribution in [-0.2, 0) is 22.4 Å². The first-order chi connectivity index (χ1) is 13.5. The maximum atomic E-state index is 12.5. The summed E-state index contributed by atoms with van der Waals surface area (Å²) in [5, 5.41) is 3.51. The molecule has 1 aromatic carbocycles. The van der Waals surface area contributed by atoms with E-state index in [9.17, 15) is 9.59 Å². The van der Waals surface area contributed by atoms with Crippen molar-refractivity contribution in [3.63, 3.8) is 0 Å². The summed E-state index contributed by atoms with van der Waals surface area (Å²) in [6.45, 7) is 6.42. The Hall–Kier alpha value is -2.40. The number of carbonyl (C=O) groups excluding carboxylic acids is 2. The molecule has 0 saturated carbocycles. The largest absolute Gasteiger partial charge is 0.462 e. The van der Waals surface area contributed by atoms with Gasteiger partial charge in [0, 0.05) is 11.0 Å². The molecule has 0 aliphatic heterocycles. The van der Waals surface area contributed by atoms with Crippen LogP contribution in [0.25, 0.3) is 6.08 Å². The van der Waals surface area contributed by atoms with Crippen molar-refractivity contribution in [1.29, 1.82) is 0 Å². The van der Waals surface area contributed by atoms with Gasteiger partial charge in [-0.25, -0.2) is 4.79 Å². The predicted molar refractivity (Wildman–Crippen MR) is 115 cm³/mol. The Morgan fingerprint density at radius 1 is 1.18 bits per heavy atom. The molecule has 5 heteroatoms. The number of aryl methyl sites for hydroxylation is 1. The Bertz CT molecular complexity index is 878. The number of esters is 1. The van der Waals surface area contributed by atoms with Crippen LogP contribution in [0, 0.1) is 0 Å². The summed E-state index contributed by atoms with van der Waals surface area (Å²) in [6, 6.07) is 8.17. The van der Waals surface area contributed by atoms with E-state index in [4.69, 9.17) is 4.74 Å². The predicted octanol–water partition coefficient (Wildman–Crippen LogP) is 5.58. The number of thiophene rings is 1. The van der Waals surface area contributed by atoms with Crippen LogP contribution in [0.1, 0.15) is 71.5 Å². The smallest absolute Gasteiger partial charge is 0.341 e. The number of fused-ring (bicyclic) bond motifs is 1. The zero-order chi connectivity index (χ0) is 20.1. The quantitative estimate of drug-likeness (QED) is 0.511. The lowest BCUT2D eigenvalue weighted by molar-refractivity contribution is -0.111. The summed E-state index contributed by atoms with van der Waals surface area (Å²) in [5.74, 6) is -0.102. The van der Waals surface area contributed by atoms with Crippen molar-refractivity contribution in [2.75, 3.05) is 11.9 Å². The van der Waals surface area contributed by atoms with E-state index < -0.39 is 0 Å². The fourth-order valence-corrected chi connectivity index (χ4v) is 4.67. The number of carbonyl (C=O) groups is 2. The molecule has 1 aliphatic carbocycles. The van der Waals surface area contributed by atoms with Gasteiger partial charge in [0.1, 0.15) is 5.00 Å². The lowest BCUT2D eigenvalue weighted by Crippen LogP contribution is -2.14. The highest BCUT2D eigenvalue weighted by atomic mass is 32.1. The highest BCUT2D eigenvalue weighted by Gasteiger charge is 2.26. The zero-order valence-electron chi connectivity index (χ0n) is 16.7. The van der Waals surface area contributed by atoms with Gasteiger partial charge in [0.05, 0.1) is 12.2 Å². The van der Waals surface area contributed by atoms with Crippen molar-refractivity contribution in [3.05, 3.63) is 57.5 Å². The van der Waals surface area contributed by atoms with Crippen LogP contribution in [-0.4, -0.2) is 18.5 Å². The van der Waals surface area contributed by atoms with Crippen molar-refractivity contribution >= 4 is 34.3 Å². The molecule has 0 atom stereocenters. The Kier molecular flexibility index (Phi) is 6.68. The van der Waals surface area contributed by atoms with Crippen molar-refractivity contribution in [2.45, 2.75) is 52.4 Å². The van der Waals surface area contributed by atoms with Crippen LogP contribution in [0.4, 0.5) is 5.00 Å². The summed E-state index contributed by atoms with van der Waals surface area (Å²) < 4.78 is 5.23. The molecule has 28 heavy (non-hydrogen) atoms. The third-order valence-electron chi connectivity index (χ3n) is 4.92. The third kappa shape index (κ3) is 4.71. The maximum Gasteiger partial charge on any atom is 0.341 e. The van der Waals surface area contributed by atoms with E-state index in [0.29, 0.717) is 23.1 Å². The number of anilines is 1. The molecule has 3 rings (SSSR count). The minimum atomic E-state index is -0.342. The summed E-state index contributed by atoms with van der Waals surface area (Å²) in [4.78, 5) is 26.1. The molecule has 0 bridgehead atoms. The zero-order valence-corrected chi connectivity index (χ0v) is 17.5. The van der Waals surface area contributed by atoms with E-state index in [1.54, 1.807) is 13.0 Å². The number of amides is 1. The Morgan fingerprint density at radius 3 is 2.57 bits per heavy atom. The lowest BCUT2D eigenvalue weighted by Gasteiger charge is -2.12. The van der Waals surface area contributed by atoms with Crippen LogP contribution in [0.2, 0.25) is 0 Å². The Morgan fingerprint density at radius 2 is 1.89 bits per heavy atom. The summed E-state index contributed by atoms with van der Waals surface area (Å²) >= 11 is 1.50. The first kappa shape index (κ1) is 20.3.